The summed E-state index contributed by atoms with van der Waals surface area (Å²) in [5.74, 6) is -1.53. The van der Waals surface area contributed by atoms with Crippen molar-refractivity contribution in [3.05, 3.63) is 34.4 Å². The second-order valence-electron chi connectivity index (χ2n) is 14.5. The van der Waals surface area contributed by atoms with E-state index in [1.54, 1.807) is 19.2 Å². The van der Waals surface area contributed by atoms with Crippen LogP contribution in [0.2, 0.25) is 0 Å². The van der Waals surface area contributed by atoms with Gasteiger partial charge in [0.25, 0.3) is 23.6 Å². The molecule has 278 valence electrons. The smallest absolute Gasteiger partial charge is 0.263 e. The molecule has 13 heteroatoms. The number of imide groups is 2. The van der Waals surface area contributed by atoms with Crippen LogP contribution in [0.4, 0.5) is 11.4 Å². The van der Waals surface area contributed by atoms with Gasteiger partial charge in [-0.15, -0.1) is 0 Å². The molecule has 4 amide bonds. The van der Waals surface area contributed by atoms with Gasteiger partial charge in [0.15, 0.2) is 0 Å². The summed E-state index contributed by atoms with van der Waals surface area (Å²) in [7, 11) is 5.89. The van der Waals surface area contributed by atoms with Gasteiger partial charge in [0.1, 0.15) is 0 Å². The average molecular weight is 705 g/mol. The van der Waals surface area contributed by atoms with E-state index in [9.17, 15) is 19.2 Å². The van der Waals surface area contributed by atoms with E-state index in [-0.39, 0.29) is 30.2 Å². The molecule has 0 bridgehead atoms. The minimum atomic E-state index is -0.390. The van der Waals surface area contributed by atoms with E-state index >= 15 is 0 Å². The number of benzene rings is 2. The first-order chi connectivity index (χ1) is 24.7. The third kappa shape index (κ3) is 7.92. The molecule has 51 heavy (non-hydrogen) atoms. The summed E-state index contributed by atoms with van der Waals surface area (Å²) in [6.45, 7) is 13.8. The van der Waals surface area contributed by atoms with E-state index in [4.69, 9.17) is 4.74 Å². The Balaban J connectivity index is 1.36. The van der Waals surface area contributed by atoms with Crippen LogP contribution < -0.4 is 10.6 Å². The molecule has 0 unspecified atom stereocenters. The number of ether oxygens (including phenoxy) is 1. The molecule has 2 N–H and O–H groups in total. The first-order valence-electron chi connectivity index (χ1n) is 18.9. The summed E-state index contributed by atoms with van der Waals surface area (Å²) in [4.78, 5) is 69.6. The van der Waals surface area contributed by atoms with Crippen LogP contribution in [0.5, 0.6) is 0 Å². The van der Waals surface area contributed by atoms with Gasteiger partial charge in [-0.25, -0.2) is 0 Å². The maximum Gasteiger partial charge on any atom is 0.263 e. The first kappa shape index (κ1) is 37.1. The molecule has 0 spiro atoms. The van der Waals surface area contributed by atoms with Crippen LogP contribution in [0.1, 0.15) is 80.5 Å². The van der Waals surface area contributed by atoms with Crippen LogP contribution in [-0.4, -0.2) is 172 Å². The van der Waals surface area contributed by atoms with E-state index in [1.807, 2.05) is 0 Å². The highest BCUT2D eigenvalue weighted by atomic mass is 16.5. The van der Waals surface area contributed by atoms with Gasteiger partial charge >= 0.3 is 0 Å². The van der Waals surface area contributed by atoms with Crippen molar-refractivity contribution < 1.29 is 23.9 Å². The number of carbonyl (C=O) groups is 4. The zero-order valence-corrected chi connectivity index (χ0v) is 31.0. The number of hydrogen-bond donors (Lipinski definition) is 2. The van der Waals surface area contributed by atoms with Gasteiger partial charge in [0.2, 0.25) is 0 Å². The Bertz CT molecular complexity index is 1620. The molecule has 0 radical (unpaired) electrons. The number of likely N-dealkylation sites (N-methyl/N-ethyl adjacent to an activating group) is 2. The van der Waals surface area contributed by atoms with Gasteiger partial charge in [0.05, 0.1) is 22.3 Å². The van der Waals surface area contributed by atoms with Crippen LogP contribution in [0, 0.1) is 0 Å². The molecule has 13 nitrogen and oxygen atoms in total. The van der Waals surface area contributed by atoms with Crippen molar-refractivity contribution in [2.24, 2.45) is 0 Å². The molecule has 4 aliphatic rings. The molecule has 0 saturated carbocycles. The molecular weight excluding hydrogens is 648 g/mol. The minimum absolute atomic E-state index is 0.287. The summed E-state index contributed by atoms with van der Waals surface area (Å²) >= 11 is 0. The molecule has 2 aromatic carbocycles. The van der Waals surface area contributed by atoms with Gasteiger partial charge in [0, 0.05) is 114 Å². The number of rotatable bonds is 17. The Labute approximate surface area is 302 Å². The molecule has 4 aliphatic heterocycles. The van der Waals surface area contributed by atoms with Crippen LogP contribution in [0.3, 0.4) is 0 Å². The van der Waals surface area contributed by atoms with Crippen molar-refractivity contribution >= 4 is 45.8 Å². The molecule has 4 heterocycles. The predicted molar refractivity (Wildman–Crippen MR) is 200 cm³/mol. The number of unbranched alkanes of at least 4 members (excludes halogenated alkanes) is 1. The van der Waals surface area contributed by atoms with Gasteiger partial charge in [-0.3, -0.25) is 29.0 Å². The van der Waals surface area contributed by atoms with Crippen molar-refractivity contribution in [2.75, 3.05) is 130 Å². The van der Waals surface area contributed by atoms with Crippen LogP contribution in [0.25, 0.3) is 10.8 Å². The quantitative estimate of drug-likeness (QED) is 0.187. The average Bonchev–Trinajstić information content (AvgIpc) is 3.12. The Morgan fingerprint density at radius 3 is 1.43 bits per heavy atom. The fraction of sp³-hybridized carbons (Fsp3) is 0.632. The van der Waals surface area contributed by atoms with Crippen molar-refractivity contribution in [3.8, 4) is 0 Å². The monoisotopic (exact) mass is 704 g/mol. The normalized spacial score (nSPS) is 19.1. The maximum atomic E-state index is 14.4. The molecule has 2 saturated heterocycles. The number of piperazine rings is 2. The van der Waals surface area contributed by atoms with E-state index in [0.717, 1.165) is 78.3 Å². The second-order valence-corrected chi connectivity index (χ2v) is 14.5. The van der Waals surface area contributed by atoms with E-state index in [0.29, 0.717) is 89.9 Å². The van der Waals surface area contributed by atoms with Crippen molar-refractivity contribution in [3.63, 3.8) is 0 Å². The van der Waals surface area contributed by atoms with E-state index in [2.05, 4.69) is 51.3 Å². The molecular formula is C38H56N8O5. The SMILES string of the molecule is CCCCNc1cc2c3c(c(NCCCOC)cc4c3c1C(=O)N(CCCN1CCN(C)CC1)C4=O)C(=O)N(CCCN1CCN(C)CC1)C2=O. The van der Waals surface area contributed by atoms with Crippen LogP contribution >= 0.6 is 0 Å². The highest BCUT2D eigenvalue weighted by Crippen LogP contribution is 2.44. The third-order valence-corrected chi connectivity index (χ3v) is 10.9. The van der Waals surface area contributed by atoms with E-state index in [1.165, 1.54) is 9.80 Å². The summed E-state index contributed by atoms with van der Waals surface area (Å²) in [5, 5.41) is 7.67. The Kier molecular flexibility index (Phi) is 12.2. The topological polar surface area (TPSA) is 121 Å². The molecule has 0 aromatic heterocycles. The molecule has 2 aromatic rings. The Morgan fingerprint density at radius 1 is 0.588 bits per heavy atom. The number of carbonyl (C=O) groups excluding carboxylic acids is 4. The second kappa shape index (κ2) is 16.8. The fourth-order valence-electron chi connectivity index (χ4n) is 7.73. The number of methoxy groups -OCH3 is 1. The predicted octanol–water partition coefficient (Wildman–Crippen LogP) is 2.97. The first-order valence-corrected chi connectivity index (χ1v) is 18.9. The van der Waals surface area contributed by atoms with Gasteiger partial charge in [-0.2, -0.15) is 0 Å². The lowest BCUT2D eigenvalue weighted by Gasteiger charge is -2.36. The Hall–Kier alpha value is -3.62. The highest BCUT2D eigenvalue weighted by Gasteiger charge is 2.42. The number of anilines is 2. The maximum absolute atomic E-state index is 14.4. The lowest BCUT2D eigenvalue weighted by Crippen LogP contribution is -2.47. The number of amides is 4. The standard InChI is InChI=1S/C38H56N8O5/c1-5-6-10-39-29-25-27-32-31-28(36(48)45(37(49)33(29)31)14-8-12-43-20-16-41(2)17-21-43)26-30(40-11-7-24-51-4)34(32)38(50)46(35(27)47)15-9-13-44-22-18-42(3)19-23-44/h25-26,39-40H,5-24H2,1-4H3. The highest BCUT2D eigenvalue weighted by molar-refractivity contribution is 6.36. The summed E-state index contributed by atoms with van der Waals surface area (Å²) in [5.41, 5.74) is 2.48. The summed E-state index contributed by atoms with van der Waals surface area (Å²) in [6.07, 6.45) is 3.84. The van der Waals surface area contributed by atoms with Gasteiger partial charge < -0.3 is 35.0 Å². The minimum Gasteiger partial charge on any atom is -0.385 e. The van der Waals surface area contributed by atoms with Crippen LogP contribution in [0.15, 0.2) is 12.1 Å². The largest absolute Gasteiger partial charge is 0.385 e. The van der Waals surface area contributed by atoms with Gasteiger partial charge in [-0.1, -0.05) is 13.3 Å². The summed E-state index contributed by atoms with van der Waals surface area (Å²) in [6, 6.07) is 3.50. The third-order valence-electron chi connectivity index (χ3n) is 10.9. The molecule has 0 aliphatic carbocycles. The zero-order valence-electron chi connectivity index (χ0n) is 31.0. The Morgan fingerprint density at radius 2 is 1.02 bits per heavy atom. The van der Waals surface area contributed by atoms with Gasteiger partial charge in [-0.05, 0) is 65.0 Å². The van der Waals surface area contributed by atoms with Crippen molar-refractivity contribution in [1.29, 1.82) is 0 Å². The van der Waals surface area contributed by atoms with E-state index < -0.39 is 0 Å². The number of hydrogen-bond acceptors (Lipinski definition) is 11. The van der Waals surface area contributed by atoms with Crippen LogP contribution in [-0.2, 0) is 4.74 Å². The lowest BCUT2D eigenvalue weighted by atomic mass is 9.83. The number of nitrogens with zero attached hydrogens (tertiary/aromatic N) is 6. The molecule has 2 fully saturated rings. The lowest BCUT2D eigenvalue weighted by molar-refractivity contribution is 0.0579. The van der Waals surface area contributed by atoms with Crippen molar-refractivity contribution in [1.82, 2.24) is 29.4 Å². The van der Waals surface area contributed by atoms with Crippen molar-refractivity contribution in [2.45, 2.75) is 39.0 Å². The molecule has 6 rings (SSSR count). The fourth-order valence-corrected chi connectivity index (χ4v) is 7.73. The molecule has 0 atom stereocenters. The summed E-state index contributed by atoms with van der Waals surface area (Å²) < 4.78 is 5.26. The number of nitrogens with one attached hydrogen (secondary N) is 2. The zero-order chi connectivity index (χ0) is 36.1.